The van der Waals surface area contributed by atoms with Crippen molar-refractivity contribution in [3.05, 3.63) is 40.4 Å². The van der Waals surface area contributed by atoms with Crippen LogP contribution in [0.15, 0.2) is 28.9 Å². The maximum absolute atomic E-state index is 13.7. The molecule has 102 valence electrons. The molecule has 0 fully saturated rings. The molecule has 0 saturated heterocycles. The third-order valence-corrected chi connectivity index (χ3v) is 2.98. The lowest BCUT2D eigenvalue weighted by Gasteiger charge is -2.02. The van der Waals surface area contributed by atoms with Crippen LogP contribution in [0.3, 0.4) is 0 Å². The highest BCUT2D eigenvalue weighted by atomic mass is 79.9. The molecule has 2 rings (SSSR count). The van der Waals surface area contributed by atoms with E-state index in [0.29, 0.717) is 23.3 Å². The summed E-state index contributed by atoms with van der Waals surface area (Å²) in [5.74, 6) is -0.349. The second kappa shape index (κ2) is 6.74. The van der Waals surface area contributed by atoms with Crippen LogP contribution in [0, 0.1) is 5.82 Å². The molecule has 0 unspecified atom stereocenters. The molecule has 5 nitrogen and oxygen atoms in total. The van der Waals surface area contributed by atoms with Crippen molar-refractivity contribution in [3.63, 3.8) is 0 Å². The smallest absolute Gasteiger partial charge is 0.150 e. The minimum Gasteiger partial charge on any atom is -0.383 e. The van der Waals surface area contributed by atoms with E-state index < -0.39 is 0 Å². The first-order valence-corrected chi connectivity index (χ1v) is 6.56. The molecule has 0 spiro atoms. The average Bonchev–Trinajstić information content (AvgIpc) is 2.83. The highest BCUT2D eigenvalue weighted by molar-refractivity contribution is 9.10. The Balaban J connectivity index is 2.04. The number of ether oxygens (including phenoxy) is 1. The van der Waals surface area contributed by atoms with Crippen LogP contribution < -0.4 is 5.32 Å². The summed E-state index contributed by atoms with van der Waals surface area (Å²) in [6, 6.07) is 4.81. The number of hydrogen-bond donors (Lipinski definition) is 1. The summed E-state index contributed by atoms with van der Waals surface area (Å²) >= 11 is 3.22. The largest absolute Gasteiger partial charge is 0.383 e. The van der Waals surface area contributed by atoms with Crippen LogP contribution in [0.4, 0.5) is 4.39 Å². The summed E-state index contributed by atoms with van der Waals surface area (Å²) in [5, 5.41) is 11.0. The van der Waals surface area contributed by atoms with Crippen LogP contribution in [-0.2, 0) is 11.3 Å². The summed E-state index contributed by atoms with van der Waals surface area (Å²) in [4.78, 5) is 0. The zero-order chi connectivity index (χ0) is 13.7. The predicted molar refractivity (Wildman–Crippen MR) is 72.6 cm³/mol. The highest BCUT2D eigenvalue weighted by Gasteiger charge is 2.08. The number of benzene rings is 1. The normalized spacial score (nSPS) is 10.9. The summed E-state index contributed by atoms with van der Waals surface area (Å²) in [5.41, 5.74) is 1.12. The van der Waals surface area contributed by atoms with Gasteiger partial charge in [-0.3, -0.25) is 0 Å². The fourth-order valence-electron chi connectivity index (χ4n) is 1.55. The van der Waals surface area contributed by atoms with Crippen LogP contribution in [0.5, 0.6) is 0 Å². The van der Waals surface area contributed by atoms with Crippen molar-refractivity contribution in [1.82, 2.24) is 20.3 Å². The maximum atomic E-state index is 13.7. The molecule has 0 bridgehead atoms. The lowest BCUT2D eigenvalue weighted by atomic mass is 10.3. The third-order valence-electron chi connectivity index (χ3n) is 2.49. The number of halogens is 2. The Kier molecular flexibility index (Phi) is 5.00. The first-order valence-electron chi connectivity index (χ1n) is 5.77. The minimum atomic E-state index is -0.349. The van der Waals surface area contributed by atoms with Gasteiger partial charge in [0, 0.05) is 24.7 Å². The van der Waals surface area contributed by atoms with Gasteiger partial charge in [0.2, 0.25) is 0 Å². The van der Waals surface area contributed by atoms with Gasteiger partial charge in [0.25, 0.3) is 0 Å². The Morgan fingerprint density at radius 2 is 2.32 bits per heavy atom. The monoisotopic (exact) mass is 328 g/mol. The summed E-state index contributed by atoms with van der Waals surface area (Å²) < 4.78 is 20.8. The van der Waals surface area contributed by atoms with Crippen molar-refractivity contribution in [1.29, 1.82) is 0 Å². The van der Waals surface area contributed by atoms with E-state index in [1.165, 1.54) is 10.7 Å². The van der Waals surface area contributed by atoms with E-state index in [4.69, 9.17) is 4.74 Å². The van der Waals surface area contributed by atoms with Crippen LogP contribution in [0.2, 0.25) is 0 Å². The second-order valence-corrected chi connectivity index (χ2v) is 4.84. The van der Waals surface area contributed by atoms with Gasteiger partial charge in [0.1, 0.15) is 11.5 Å². The molecule has 0 aliphatic heterocycles. The number of methoxy groups -OCH3 is 1. The fourth-order valence-corrected chi connectivity index (χ4v) is 1.89. The lowest BCUT2D eigenvalue weighted by Crippen LogP contribution is -2.18. The Labute approximate surface area is 118 Å². The van der Waals surface area contributed by atoms with Crippen LogP contribution in [0.1, 0.15) is 5.69 Å². The van der Waals surface area contributed by atoms with Gasteiger partial charge in [-0.25, -0.2) is 9.07 Å². The predicted octanol–water partition coefficient (Wildman–Crippen LogP) is 1.90. The first-order chi connectivity index (χ1) is 9.20. The van der Waals surface area contributed by atoms with Gasteiger partial charge in [-0.15, -0.1) is 5.10 Å². The minimum absolute atomic E-state index is 0.349. The molecule has 0 radical (unpaired) electrons. The van der Waals surface area contributed by atoms with E-state index in [1.807, 2.05) is 0 Å². The zero-order valence-corrected chi connectivity index (χ0v) is 12.0. The molecule has 1 N–H and O–H groups in total. The van der Waals surface area contributed by atoms with Crippen molar-refractivity contribution in [2.75, 3.05) is 20.3 Å². The SMILES string of the molecule is COCCNCc1cn(-c2ccc(Br)cc2F)nn1. The third kappa shape index (κ3) is 3.82. The van der Waals surface area contributed by atoms with Crippen molar-refractivity contribution in [2.45, 2.75) is 6.54 Å². The van der Waals surface area contributed by atoms with Gasteiger partial charge in [0.15, 0.2) is 0 Å². The van der Waals surface area contributed by atoms with Crippen molar-refractivity contribution >= 4 is 15.9 Å². The molecular weight excluding hydrogens is 315 g/mol. The standard InChI is InChI=1S/C12H14BrFN4O/c1-19-5-4-15-7-10-8-18(17-16-10)12-3-2-9(13)6-11(12)14/h2-3,6,8,15H,4-5,7H2,1H3. The molecule has 0 amide bonds. The Hall–Kier alpha value is -1.31. The van der Waals surface area contributed by atoms with E-state index in [1.54, 1.807) is 25.4 Å². The highest BCUT2D eigenvalue weighted by Crippen LogP contribution is 2.18. The van der Waals surface area contributed by atoms with Gasteiger partial charge >= 0.3 is 0 Å². The molecule has 0 aliphatic rings. The Bertz CT molecular complexity index is 546. The number of rotatable bonds is 6. The fraction of sp³-hybridized carbons (Fsp3) is 0.333. The summed E-state index contributed by atoms with van der Waals surface area (Å²) in [7, 11) is 1.65. The number of aromatic nitrogens is 3. The summed E-state index contributed by atoms with van der Waals surface area (Å²) in [6.07, 6.45) is 1.70. The lowest BCUT2D eigenvalue weighted by molar-refractivity contribution is 0.199. The molecule has 1 aromatic carbocycles. The topological polar surface area (TPSA) is 52.0 Å². The number of hydrogen-bond acceptors (Lipinski definition) is 4. The van der Waals surface area contributed by atoms with Crippen LogP contribution in [0.25, 0.3) is 5.69 Å². The molecule has 0 atom stereocenters. The number of nitrogens with zero attached hydrogens (tertiary/aromatic N) is 3. The molecule has 1 aromatic heterocycles. The quantitative estimate of drug-likeness (QED) is 0.823. The van der Waals surface area contributed by atoms with E-state index in [9.17, 15) is 4.39 Å². The van der Waals surface area contributed by atoms with Crippen molar-refractivity contribution in [2.24, 2.45) is 0 Å². The Morgan fingerprint density at radius 3 is 3.05 bits per heavy atom. The van der Waals surface area contributed by atoms with Crippen molar-refractivity contribution < 1.29 is 9.13 Å². The molecule has 1 heterocycles. The molecule has 2 aromatic rings. The van der Waals surface area contributed by atoms with Gasteiger partial charge in [-0.1, -0.05) is 21.1 Å². The molecular formula is C12H14BrFN4O. The van der Waals surface area contributed by atoms with E-state index >= 15 is 0 Å². The van der Waals surface area contributed by atoms with E-state index in [0.717, 1.165) is 12.2 Å². The average molecular weight is 329 g/mol. The summed E-state index contributed by atoms with van der Waals surface area (Å²) in [6.45, 7) is 1.94. The van der Waals surface area contributed by atoms with Gasteiger partial charge in [0.05, 0.1) is 18.5 Å². The Morgan fingerprint density at radius 1 is 1.47 bits per heavy atom. The second-order valence-electron chi connectivity index (χ2n) is 3.92. The number of nitrogens with one attached hydrogen (secondary N) is 1. The molecule has 7 heteroatoms. The van der Waals surface area contributed by atoms with E-state index in [2.05, 4.69) is 31.6 Å². The molecule has 19 heavy (non-hydrogen) atoms. The van der Waals surface area contributed by atoms with Gasteiger partial charge in [-0.2, -0.15) is 0 Å². The van der Waals surface area contributed by atoms with Gasteiger partial charge in [-0.05, 0) is 18.2 Å². The molecule has 0 aliphatic carbocycles. The van der Waals surface area contributed by atoms with Crippen LogP contribution in [-0.4, -0.2) is 35.3 Å². The first kappa shape index (κ1) is 14.1. The van der Waals surface area contributed by atoms with E-state index in [-0.39, 0.29) is 5.82 Å². The van der Waals surface area contributed by atoms with Crippen LogP contribution >= 0.6 is 15.9 Å². The maximum Gasteiger partial charge on any atom is 0.150 e. The molecule has 0 saturated carbocycles. The zero-order valence-electron chi connectivity index (χ0n) is 10.4. The van der Waals surface area contributed by atoms with Crippen molar-refractivity contribution in [3.8, 4) is 5.69 Å². The van der Waals surface area contributed by atoms with Gasteiger partial charge < -0.3 is 10.1 Å².